The second-order valence-corrected chi connectivity index (χ2v) is 11.8. The molecule has 0 bridgehead atoms. The van der Waals surface area contributed by atoms with Crippen LogP contribution in [-0.4, -0.2) is 14.4 Å². The summed E-state index contributed by atoms with van der Waals surface area (Å²) in [6.07, 6.45) is 6.79. The fraction of sp³-hybridized carbons (Fsp3) is 0.875. The average molecular weight is 333 g/mol. The van der Waals surface area contributed by atoms with Gasteiger partial charge in [-0.3, -0.25) is 0 Å². The van der Waals surface area contributed by atoms with Crippen LogP contribution < -0.4 is 0 Å². The molecular weight excluding hydrogens is 300 g/mol. The van der Waals surface area contributed by atoms with Gasteiger partial charge in [0, 0.05) is 6.10 Å². The molecule has 0 spiro atoms. The van der Waals surface area contributed by atoms with Crippen molar-refractivity contribution in [3.63, 3.8) is 0 Å². The van der Waals surface area contributed by atoms with Crippen molar-refractivity contribution in [2.75, 3.05) is 0 Å². The fourth-order valence-corrected chi connectivity index (χ4v) is 3.07. The van der Waals surface area contributed by atoms with Gasteiger partial charge in [0.2, 0.25) is 0 Å². The van der Waals surface area contributed by atoms with Crippen LogP contribution in [0.2, 0.25) is 18.1 Å². The third-order valence-corrected chi connectivity index (χ3v) is 8.66. The van der Waals surface area contributed by atoms with Crippen molar-refractivity contribution >= 4 is 8.32 Å². The van der Waals surface area contributed by atoms with E-state index in [0.29, 0.717) is 5.92 Å². The molecule has 0 saturated heterocycles. The smallest absolute Gasteiger partial charge is 0.515 e. The first-order valence-electron chi connectivity index (χ1n) is 7.37. The minimum atomic E-state index is -1.70. The van der Waals surface area contributed by atoms with Gasteiger partial charge < -0.3 is 11.0 Å². The zero-order chi connectivity index (χ0) is 14.4. The van der Waals surface area contributed by atoms with Crippen LogP contribution in [0.1, 0.15) is 60.3 Å². The summed E-state index contributed by atoms with van der Waals surface area (Å²) >= 11 is 0. The van der Waals surface area contributed by atoms with Crippen LogP contribution in [0.4, 0.5) is 0 Å². The molecule has 0 radical (unpaired) electrons. The molecule has 0 unspecified atom stereocenters. The maximum Gasteiger partial charge on any atom is 1.00 e. The molecular formula is C16H33CuOSi. The first-order chi connectivity index (χ1) is 8.14. The Morgan fingerprint density at radius 1 is 1.26 bits per heavy atom. The summed E-state index contributed by atoms with van der Waals surface area (Å²) in [7, 11) is -1.70. The van der Waals surface area contributed by atoms with Gasteiger partial charge in [-0.15, -0.1) is 0 Å². The molecule has 19 heavy (non-hydrogen) atoms. The quantitative estimate of drug-likeness (QED) is 0.416. The summed E-state index contributed by atoms with van der Waals surface area (Å²) < 4.78 is 6.36. The Morgan fingerprint density at radius 2 is 1.79 bits per heavy atom. The standard InChI is InChI=1S/C16H33OSi.Cu/c1-9-11-12-14(3)13-15(10-2)17-18(7,8)16(4,5)6;/h2,10,14-15H,9,11-13H2,1,3-8H3;/q-1;+1/t14-,15+;/m0./s1. The summed E-state index contributed by atoms with van der Waals surface area (Å²) in [5, 5.41) is 0.251. The van der Waals surface area contributed by atoms with E-state index >= 15 is 0 Å². The molecule has 0 saturated carbocycles. The first-order valence-corrected chi connectivity index (χ1v) is 10.3. The monoisotopic (exact) mass is 332 g/mol. The third kappa shape index (κ3) is 8.34. The molecule has 0 aliphatic rings. The molecule has 0 fully saturated rings. The summed E-state index contributed by atoms with van der Waals surface area (Å²) in [6, 6.07) is 0. The molecule has 0 N–H and O–H groups in total. The maximum atomic E-state index is 6.36. The van der Waals surface area contributed by atoms with Crippen molar-refractivity contribution in [1.82, 2.24) is 0 Å². The van der Waals surface area contributed by atoms with E-state index in [-0.39, 0.29) is 28.2 Å². The van der Waals surface area contributed by atoms with Gasteiger partial charge >= 0.3 is 17.1 Å². The average Bonchev–Trinajstić information content (AvgIpc) is 2.23. The van der Waals surface area contributed by atoms with Crippen molar-refractivity contribution in [2.24, 2.45) is 5.92 Å². The van der Waals surface area contributed by atoms with Crippen LogP contribution in [-0.2, 0) is 21.5 Å². The van der Waals surface area contributed by atoms with Crippen LogP contribution in [0, 0.1) is 12.5 Å². The van der Waals surface area contributed by atoms with Crippen LogP contribution in [0.15, 0.2) is 6.08 Å². The van der Waals surface area contributed by atoms with E-state index in [1.54, 1.807) is 6.08 Å². The van der Waals surface area contributed by atoms with Crippen LogP contribution >= 0.6 is 0 Å². The molecule has 3 heteroatoms. The Morgan fingerprint density at radius 3 is 2.16 bits per heavy atom. The zero-order valence-electron chi connectivity index (χ0n) is 13.8. The normalized spacial score (nSPS) is 15.5. The van der Waals surface area contributed by atoms with E-state index in [1.807, 2.05) is 0 Å². The summed E-state index contributed by atoms with van der Waals surface area (Å²) in [4.78, 5) is 0. The predicted octanol–water partition coefficient (Wildman–Crippen LogP) is 5.58. The number of hydrogen-bond acceptors (Lipinski definition) is 1. The zero-order valence-corrected chi connectivity index (χ0v) is 15.8. The van der Waals surface area contributed by atoms with E-state index < -0.39 is 8.32 Å². The predicted molar refractivity (Wildman–Crippen MR) is 84.2 cm³/mol. The van der Waals surface area contributed by atoms with Crippen molar-refractivity contribution in [3.8, 4) is 0 Å². The summed E-state index contributed by atoms with van der Waals surface area (Å²) in [5.41, 5.74) is 0. The molecule has 118 valence electrons. The largest absolute Gasteiger partial charge is 1.00 e. The van der Waals surface area contributed by atoms with Crippen molar-refractivity contribution < 1.29 is 21.5 Å². The first kappa shape index (κ1) is 21.7. The summed E-state index contributed by atoms with van der Waals surface area (Å²) in [6.45, 7) is 21.7. The second-order valence-electron chi connectivity index (χ2n) is 7.09. The van der Waals surface area contributed by atoms with Gasteiger partial charge in [0.05, 0.1) is 0 Å². The van der Waals surface area contributed by atoms with E-state index in [0.717, 1.165) is 6.42 Å². The Kier molecular flexibility index (Phi) is 10.7. The van der Waals surface area contributed by atoms with Gasteiger partial charge in [0.1, 0.15) is 0 Å². The molecule has 0 aromatic rings. The minimum absolute atomic E-state index is 0. The minimum Gasteiger partial charge on any atom is -0.515 e. The van der Waals surface area contributed by atoms with E-state index in [2.05, 4.69) is 47.7 Å². The second kappa shape index (κ2) is 9.39. The topological polar surface area (TPSA) is 9.23 Å². The van der Waals surface area contributed by atoms with E-state index in [4.69, 9.17) is 11.0 Å². The van der Waals surface area contributed by atoms with Crippen LogP contribution in [0.3, 0.4) is 0 Å². The van der Waals surface area contributed by atoms with Crippen molar-refractivity contribution in [1.29, 1.82) is 0 Å². The Balaban J connectivity index is 0. The van der Waals surface area contributed by atoms with Crippen molar-refractivity contribution in [3.05, 3.63) is 12.7 Å². The Labute approximate surface area is 133 Å². The number of hydrogen-bond donors (Lipinski definition) is 0. The number of rotatable bonds is 8. The molecule has 0 rings (SSSR count). The molecule has 0 heterocycles. The molecule has 0 aliphatic carbocycles. The number of unbranched alkanes of at least 4 members (excludes halogenated alkanes) is 1. The SMILES string of the molecule is [CH-]=C[C@H](C[C@@H](C)CCCC)O[Si](C)(C)C(C)(C)C.[Cu+]. The van der Waals surface area contributed by atoms with Gasteiger partial charge in [0.25, 0.3) is 0 Å². The molecule has 2 atom stereocenters. The van der Waals surface area contributed by atoms with Gasteiger partial charge in [-0.2, -0.15) is 0 Å². The molecule has 1 nitrogen and oxygen atoms in total. The molecule has 0 aromatic heterocycles. The van der Waals surface area contributed by atoms with Gasteiger partial charge in [0.15, 0.2) is 8.32 Å². The maximum absolute atomic E-state index is 6.36. The van der Waals surface area contributed by atoms with Gasteiger partial charge in [-0.25, -0.2) is 6.08 Å². The molecule has 0 aromatic carbocycles. The van der Waals surface area contributed by atoms with E-state index in [1.165, 1.54) is 19.3 Å². The van der Waals surface area contributed by atoms with Gasteiger partial charge in [-0.1, -0.05) is 53.9 Å². The van der Waals surface area contributed by atoms with Gasteiger partial charge in [-0.05, 0) is 30.5 Å². The van der Waals surface area contributed by atoms with Crippen LogP contribution in [0.25, 0.3) is 0 Å². The third-order valence-electron chi connectivity index (χ3n) is 4.15. The van der Waals surface area contributed by atoms with Crippen molar-refractivity contribution in [2.45, 2.75) is 84.5 Å². The summed E-state index contributed by atoms with van der Waals surface area (Å²) in [5.74, 6) is 0.694. The molecule has 0 aliphatic heterocycles. The molecule has 0 amide bonds. The van der Waals surface area contributed by atoms with Crippen LogP contribution in [0.5, 0.6) is 0 Å². The fourth-order valence-electron chi connectivity index (χ4n) is 1.79. The Bertz CT molecular complexity index is 246. The Hall–Kier alpha value is 0.436. The van der Waals surface area contributed by atoms with E-state index in [9.17, 15) is 0 Å².